The first-order valence-electron chi connectivity index (χ1n) is 7.39. The highest BCUT2D eigenvalue weighted by molar-refractivity contribution is 5.68. The summed E-state index contributed by atoms with van der Waals surface area (Å²) in [6.45, 7) is 6.91. The molecule has 1 fully saturated rings. The van der Waals surface area contributed by atoms with Gasteiger partial charge in [-0.3, -0.25) is 0 Å². The highest BCUT2D eigenvalue weighted by atomic mass is 19.1. The van der Waals surface area contributed by atoms with Crippen molar-refractivity contribution in [3.63, 3.8) is 0 Å². The van der Waals surface area contributed by atoms with Crippen LogP contribution in [0.15, 0.2) is 12.1 Å². The SMILES string of the molecule is CC(C)Oc1cc(NCC2(C)CCCC2)c(N)cc1F. The molecule has 1 aromatic carbocycles. The van der Waals surface area contributed by atoms with Crippen molar-refractivity contribution in [1.82, 2.24) is 0 Å². The Morgan fingerprint density at radius 3 is 2.60 bits per heavy atom. The Kier molecular flexibility index (Phi) is 4.41. The topological polar surface area (TPSA) is 47.3 Å². The summed E-state index contributed by atoms with van der Waals surface area (Å²) in [4.78, 5) is 0. The van der Waals surface area contributed by atoms with E-state index in [0.717, 1.165) is 12.2 Å². The maximum absolute atomic E-state index is 13.8. The van der Waals surface area contributed by atoms with E-state index < -0.39 is 5.82 Å². The van der Waals surface area contributed by atoms with Crippen molar-refractivity contribution in [3.8, 4) is 5.75 Å². The third-order valence-electron chi connectivity index (χ3n) is 3.98. The summed E-state index contributed by atoms with van der Waals surface area (Å²) < 4.78 is 19.2. The van der Waals surface area contributed by atoms with Gasteiger partial charge < -0.3 is 15.8 Å². The molecule has 0 bridgehead atoms. The fraction of sp³-hybridized carbons (Fsp3) is 0.625. The van der Waals surface area contributed by atoms with Gasteiger partial charge in [0, 0.05) is 18.7 Å². The van der Waals surface area contributed by atoms with Gasteiger partial charge in [-0.2, -0.15) is 0 Å². The second kappa shape index (κ2) is 5.90. The van der Waals surface area contributed by atoms with Crippen molar-refractivity contribution in [2.24, 2.45) is 5.41 Å². The molecule has 112 valence electrons. The lowest BCUT2D eigenvalue weighted by Crippen LogP contribution is -2.23. The Labute approximate surface area is 120 Å². The van der Waals surface area contributed by atoms with E-state index in [1.54, 1.807) is 6.07 Å². The van der Waals surface area contributed by atoms with Crippen LogP contribution in [0.3, 0.4) is 0 Å². The van der Waals surface area contributed by atoms with E-state index >= 15 is 0 Å². The number of nitrogens with two attached hydrogens (primary N) is 1. The van der Waals surface area contributed by atoms with Gasteiger partial charge in [-0.05, 0) is 32.1 Å². The Balaban J connectivity index is 2.10. The van der Waals surface area contributed by atoms with Gasteiger partial charge in [-0.1, -0.05) is 19.8 Å². The van der Waals surface area contributed by atoms with Crippen LogP contribution in [0.1, 0.15) is 46.5 Å². The summed E-state index contributed by atoms with van der Waals surface area (Å²) in [5.74, 6) is -0.151. The first-order valence-corrected chi connectivity index (χ1v) is 7.39. The summed E-state index contributed by atoms with van der Waals surface area (Å²) in [5.41, 5.74) is 7.40. The highest BCUT2D eigenvalue weighted by Gasteiger charge is 2.28. The molecule has 1 aliphatic rings. The fourth-order valence-corrected chi connectivity index (χ4v) is 2.78. The monoisotopic (exact) mass is 280 g/mol. The van der Waals surface area contributed by atoms with Gasteiger partial charge in [0.05, 0.1) is 17.5 Å². The molecule has 0 spiro atoms. The normalized spacial score (nSPS) is 17.4. The van der Waals surface area contributed by atoms with E-state index in [4.69, 9.17) is 10.5 Å². The second-order valence-electron chi connectivity index (χ2n) is 6.41. The van der Waals surface area contributed by atoms with Gasteiger partial charge in [0.25, 0.3) is 0 Å². The molecule has 1 aromatic rings. The number of halogens is 1. The number of ether oxygens (including phenoxy) is 1. The van der Waals surface area contributed by atoms with Gasteiger partial charge >= 0.3 is 0 Å². The quantitative estimate of drug-likeness (QED) is 0.795. The smallest absolute Gasteiger partial charge is 0.167 e. The molecule has 20 heavy (non-hydrogen) atoms. The Morgan fingerprint density at radius 2 is 2.00 bits per heavy atom. The van der Waals surface area contributed by atoms with Crippen LogP contribution in [0.4, 0.5) is 15.8 Å². The number of rotatable bonds is 5. The zero-order valence-corrected chi connectivity index (χ0v) is 12.6. The minimum atomic E-state index is -0.408. The molecule has 0 amide bonds. The minimum Gasteiger partial charge on any atom is -0.488 e. The van der Waals surface area contributed by atoms with E-state index in [9.17, 15) is 4.39 Å². The molecular weight excluding hydrogens is 255 g/mol. The lowest BCUT2D eigenvalue weighted by atomic mass is 9.89. The van der Waals surface area contributed by atoms with Gasteiger partial charge in [0.1, 0.15) is 0 Å². The summed E-state index contributed by atoms with van der Waals surface area (Å²) >= 11 is 0. The van der Waals surface area contributed by atoms with Crippen LogP contribution in [0, 0.1) is 11.2 Å². The Morgan fingerprint density at radius 1 is 1.35 bits per heavy atom. The van der Waals surface area contributed by atoms with E-state index in [0.29, 0.717) is 11.1 Å². The fourth-order valence-electron chi connectivity index (χ4n) is 2.78. The Bertz CT molecular complexity index is 468. The Hall–Kier alpha value is -1.45. The van der Waals surface area contributed by atoms with Crippen molar-refractivity contribution < 1.29 is 9.13 Å². The maximum atomic E-state index is 13.8. The van der Waals surface area contributed by atoms with Crippen molar-refractivity contribution in [1.29, 1.82) is 0 Å². The molecule has 0 atom stereocenters. The molecule has 0 unspecified atom stereocenters. The van der Waals surface area contributed by atoms with Crippen molar-refractivity contribution >= 4 is 11.4 Å². The molecule has 0 aromatic heterocycles. The maximum Gasteiger partial charge on any atom is 0.167 e. The van der Waals surface area contributed by atoms with Gasteiger partial charge in [0.15, 0.2) is 11.6 Å². The predicted molar refractivity (Wildman–Crippen MR) is 81.6 cm³/mol. The van der Waals surface area contributed by atoms with E-state index in [1.165, 1.54) is 31.7 Å². The minimum absolute atomic E-state index is 0.0617. The van der Waals surface area contributed by atoms with Crippen molar-refractivity contribution in [3.05, 3.63) is 17.9 Å². The van der Waals surface area contributed by atoms with Crippen LogP contribution in [0.25, 0.3) is 0 Å². The largest absolute Gasteiger partial charge is 0.488 e. The van der Waals surface area contributed by atoms with Crippen LogP contribution in [-0.4, -0.2) is 12.6 Å². The number of hydrogen-bond donors (Lipinski definition) is 2. The average Bonchev–Trinajstić information content (AvgIpc) is 2.78. The third kappa shape index (κ3) is 3.56. The highest BCUT2D eigenvalue weighted by Crippen LogP contribution is 2.38. The number of nitrogen functional groups attached to an aromatic ring is 1. The molecule has 1 saturated carbocycles. The predicted octanol–water partition coefficient (Wildman–Crippen LogP) is 4.19. The summed E-state index contributed by atoms with van der Waals surface area (Å²) in [5, 5.41) is 3.36. The molecule has 0 heterocycles. The molecule has 1 aliphatic carbocycles. The van der Waals surface area contributed by atoms with Crippen LogP contribution in [0.5, 0.6) is 5.75 Å². The molecule has 0 radical (unpaired) electrons. The van der Waals surface area contributed by atoms with Crippen molar-refractivity contribution in [2.75, 3.05) is 17.6 Å². The van der Waals surface area contributed by atoms with E-state index in [-0.39, 0.29) is 11.9 Å². The standard InChI is InChI=1S/C16H25FN2O/c1-11(2)20-15-9-14(13(18)8-12(15)17)19-10-16(3)6-4-5-7-16/h8-9,11,19H,4-7,10,18H2,1-3H3. The number of anilines is 2. The lowest BCUT2D eigenvalue weighted by molar-refractivity contribution is 0.231. The van der Waals surface area contributed by atoms with E-state index in [2.05, 4.69) is 12.2 Å². The second-order valence-corrected chi connectivity index (χ2v) is 6.41. The molecular formula is C16H25FN2O. The molecule has 3 N–H and O–H groups in total. The van der Waals surface area contributed by atoms with Gasteiger partial charge in [-0.25, -0.2) is 4.39 Å². The molecule has 0 saturated heterocycles. The summed E-state index contributed by atoms with van der Waals surface area (Å²) in [6.07, 6.45) is 4.98. The summed E-state index contributed by atoms with van der Waals surface area (Å²) in [6, 6.07) is 3.00. The zero-order chi connectivity index (χ0) is 14.8. The first kappa shape index (κ1) is 14.9. The van der Waals surface area contributed by atoms with E-state index in [1.807, 2.05) is 13.8 Å². The van der Waals surface area contributed by atoms with Crippen LogP contribution < -0.4 is 15.8 Å². The van der Waals surface area contributed by atoms with Crippen LogP contribution >= 0.6 is 0 Å². The molecule has 3 nitrogen and oxygen atoms in total. The van der Waals surface area contributed by atoms with Gasteiger partial charge in [-0.15, -0.1) is 0 Å². The third-order valence-corrected chi connectivity index (χ3v) is 3.98. The van der Waals surface area contributed by atoms with Crippen LogP contribution in [-0.2, 0) is 0 Å². The lowest BCUT2D eigenvalue weighted by Gasteiger charge is -2.25. The zero-order valence-electron chi connectivity index (χ0n) is 12.6. The van der Waals surface area contributed by atoms with Crippen molar-refractivity contribution in [2.45, 2.75) is 52.6 Å². The number of hydrogen-bond acceptors (Lipinski definition) is 3. The number of nitrogens with one attached hydrogen (secondary N) is 1. The summed E-state index contributed by atoms with van der Waals surface area (Å²) in [7, 11) is 0. The van der Waals surface area contributed by atoms with Crippen LogP contribution in [0.2, 0.25) is 0 Å². The molecule has 2 rings (SSSR count). The first-order chi connectivity index (χ1) is 9.39. The van der Waals surface area contributed by atoms with Gasteiger partial charge in [0.2, 0.25) is 0 Å². The molecule has 4 heteroatoms. The number of benzene rings is 1. The average molecular weight is 280 g/mol. The molecule has 0 aliphatic heterocycles.